The van der Waals surface area contributed by atoms with Gasteiger partial charge in [0.1, 0.15) is 0 Å². The zero-order valence-corrected chi connectivity index (χ0v) is 25.1. The van der Waals surface area contributed by atoms with Crippen molar-refractivity contribution in [3.63, 3.8) is 0 Å². The van der Waals surface area contributed by atoms with Crippen LogP contribution in [0.3, 0.4) is 0 Å². The molecule has 10 nitrogen and oxygen atoms in total. The van der Waals surface area contributed by atoms with Gasteiger partial charge in [0.25, 0.3) is 11.2 Å². The van der Waals surface area contributed by atoms with Gasteiger partial charge in [0.05, 0.1) is 33.4 Å². The predicted octanol–water partition coefficient (Wildman–Crippen LogP) is 4.18. The summed E-state index contributed by atoms with van der Waals surface area (Å²) in [6.45, 7) is 7.60. The molecule has 0 saturated heterocycles. The minimum atomic E-state index is -0.689. The van der Waals surface area contributed by atoms with Gasteiger partial charge in [0, 0.05) is 49.0 Å². The Kier molecular flexibility index (Phi) is 7.70. The van der Waals surface area contributed by atoms with Crippen LogP contribution in [0.4, 0.5) is 11.4 Å². The number of allylic oxidation sites excluding steroid dienone is 1. The van der Waals surface area contributed by atoms with Gasteiger partial charge < -0.3 is 14.2 Å². The lowest BCUT2D eigenvalue weighted by Crippen LogP contribution is -2.40. The molecule has 0 N–H and O–H groups in total. The SMILES string of the molecule is CCOC(=O)C1=C(C)N=c2s/c(=C/c3cc(C)n(-c4ccc([N+](=O)[O-])cc4)c3C)c(=O)n2[C@H]1c1ccc(N(C)C)cc1. The van der Waals surface area contributed by atoms with Crippen LogP contribution in [0.5, 0.6) is 0 Å². The van der Waals surface area contributed by atoms with Crippen molar-refractivity contribution in [1.82, 2.24) is 9.13 Å². The number of nitro benzene ring substituents is 1. The van der Waals surface area contributed by atoms with E-state index in [0.717, 1.165) is 33.9 Å². The van der Waals surface area contributed by atoms with Gasteiger partial charge in [-0.3, -0.25) is 19.5 Å². The number of benzene rings is 2. The van der Waals surface area contributed by atoms with Gasteiger partial charge in [-0.1, -0.05) is 23.5 Å². The molecule has 0 spiro atoms. The number of esters is 1. The highest BCUT2D eigenvalue weighted by molar-refractivity contribution is 7.07. The minimum Gasteiger partial charge on any atom is -0.463 e. The fraction of sp³-hybridized carbons (Fsp3) is 0.258. The van der Waals surface area contributed by atoms with Crippen LogP contribution in [-0.4, -0.2) is 40.7 Å². The summed E-state index contributed by atoms with van der Waals surface area (Å²) in [7, 11) is 3.90. The third kappa shape index (κ3) is 5.07. The standard InChI is InChI=1S/C31H31N5O5S/c1-7-41-30(38)27-19(3)32-31-35(28(27)21-8-10-23(11-9-21)33(5)6)29(37)26(42-31)17-22-16-18(2)34(20(22)4)24-12-14-25(15-13-24)36(39)40/h8-17,28H,7H2,1-6H3/b26-17+/t28-/m0/s1. The molecule has 0 unspecified atom stereocenters. The molecule has 11 heteroatoms. The Labute approximate surface area is 246 Å². The molecule has 1 aliphatic heterocycles. The number of fused-ring (bicyclic) bond motifs is 1. The number of aryl methyl sites for hydroxylation is 1. The van der Waals surface area contributed by atoms with Crippen molar-refractivity contribution in [2.24, 2.45) is 4.99 Å². The number of rotatable bonds is 7. The zero-order chi connectivity index (χ0) is 30.3. The van der Waals surface area contributed by atoms with Crippen LogP contribution < -0.4 is 19.8 Å². The van der Waals surface area contributed by atoms with E-state index in [4.69, 9.17) is 4.74 Å². The first-order valence-corrected chi connectivity index (χ1v) is 14.2. The number of aromatic nitrogens is 2. The molecular formula is C31H31N5O5S. The normalized spacial score (nSPS) is 14.9. The average Bonchev–Trinajstić information content (AvgIpc) is 3.41. The molecule has 0 saturated carbocycles. The van der Waals surface area contributed by atoms with Gasteiger partial charge in [-0.15, -0.1) is 0 Å². The maximum Gasteiger partial charge on any atom is 0.338 e. The summed E-state index contributed by atoms with van der Waals surface area (Å²) in [5.74, 6) is -0.499. The summed E-state index contributed by atoms with van der Waals surface area (Å²) in [5.41, 5.74) is 5.81. The Morgan fingerprint density at radius 3 is 2.38 bits per heavy atom. The van der Waals surface area contributed by atoms with Gasteiger partial charge in [-0.2, -0.15) is 0 Å². The van der Waals surface area contributed by atoms with Gasteiger partial charge in [-0.25, -0.2) is 9.79 Å². The van der Waals surface area contributed by atoms with E-state index in [1.807, 2.05) is 73.8 Å². The summed E-state index contributed by atoms with van der Waals surface area (Å²) >= 11 is 1.27. The molecule has 42 heavy (non-hydrogen) atoms. The monoisotopic (exact) mass is 585 g/mol. The molecule has 0 amide bonds. The molecule has 0 radical (unpaired) electrons. The predicted molar refractivity (Wildman–Crippen MR) is 163 cm³/mol. The number of carbonyl (C=O) groups is 1. The molecule has 1 aliphatic rings. The van der Waals surface area contributed by atoms with Crippen molar-refractivity contribution >= 4 is 34.8 Å². The van der Waals surface area contributed by atoms with E-state index < -0.39 is 16.9 Å². The lowest BCUT2D eigenvalue weighted by molar-refractivity contribution is -0.384. The number of thiazole rings is 1. The highest BCUT2D eigenvalue weighted by atomic mass is 32.1. The molecule has 2 aromatic heterocycles. The molecule has 5 rings (SSSR count). The van der Waals surface area contributed by atoms with Gasteiger partial charge in [0.2, 0.25) is 0 Å². The summed E-state index contributed by atoms with van der Waals surface area (Å²) < 4.78 is 9.44. The third-order valence-electron chi connectivity index (χ3n) is 7.32. The number of carbonyl (C=O) groups excluding carboxylic acids is 1. The molecule has 4 aromatic rings. The number of anilines is 1. The fourth-order valence-electron chi connectivity index (χ4n) is 5.26. The molecule has 1 atom stereocenters. The van der Waals surface area contributed by atoms with Crippen LogP contribution in [0.2, 0.25) is 0 Å². The van der Waals surface area contributed by atoms with E-state index in [0.29, 0.717) is 20.6 Å². The van der Waals surface area contributed by atoms with Crippen molar-refractivity contribution in [1.29, 1.82) is 0 Å². The lowest BCUT2D eigenvalue weighted by atomic mass is 9.95. The Bertz CT molecular complexity index is 1910. The molecule has 0 aliphatic carbocycles. The molecule has 0 bridgehead atoms. The second kappa shape index (κ2) is 11.2. The number of non-ortho nitro benzene ring substituents is 1. The van der Waals surface area contributed by atoms with Crippen molar-refractivity contribution in [2.75, 3.05) is 25.6 Å². The summed E-state index contributed by atoms with van der Waals surface area (Å²) in [4.78, 5) is 45.0. The maximum atomic E-state index is 14.0. The third-order valence-corrected chi connectivity index (χ3v) is 8.30. The number of nitrogens with zero attached hydrogens (tertiary/aromatic N) is 5. The number of nitro groups is 1. The molecule has 3 heterocycles. The van der Waals surface area contributed by atoms with Crippen LogP contribution in [0.15, 0.2) is 75.7 Å². The molecule has 0 fully saturated rings. The van der Waals surface area contributed by atoms with E-state index in [9.17, 15) is 19.7 Å². The van der Waals surface area contributed by atoms with Crippen molar-refractivity contribution in [2.45, 2.75) is 33.7 Å². The highest BCUT2D eigenvalue weighted by Crippen LogP contribution is 2.32. The Morgan fingerprint density at radius 1 is 1.12 bits per heavy atom. The van der Waals surface area contributed by atoms with Crippen LogP contribution in [-0.2, 0) is 9.53 Å². The number of ether oxygens (including phenoxy) is 1. The van der Waals surface area contributed by atoms with Crippen molar-refractivity contribution in [3.05, 3.63) is 118 Å². The summed E-state index contributed by atoms with van der Waals surface area (Å²) in [6, 6.07) is 15.4. The van der Waals surface area contributed by atoms with Gasteiger partial charge in [-0.05, 0) is 75.2 Å². The first kappa shape index (κ1) is 28.7. The second-order valence-corrected chi connectivity index (χ2v) is 11.2. The second-order valence-electron chi connectivity index (χ2n) is 10.2. The first-order valence-electron chi connectivity index (χ1n) is 13.4. The Balaban J connectivity index is 1.65. The van der Waals surface area contributed by atoms with E-state index >= 15 is 0 Å². The summed E-state index contributed by atoms with van der Waals surface area (Å²) in [5, 5.41) is 11.1. The first-order chi connectivity index (χ1) is 20.0. The van der Waals surface area contributed by atoms with E-state index in [-0.39, 0.29) is 17.9 Å². The highest BCUT2D eigenvalue weighted by Gasteiger charge is 2.33. The molecule has 216 valence electrons. The Hall–Kier alpha value is -4.77. The topological polar surface area (TPSA) is 112 Å². The largest absolute Gasteiger partial charge is 0.463 e. The number of hydrogen-bond donors (Lipinski definition) is 0. The minimum absolute atomic E-state index is 0.0194. The summed E-state index contributed by atoms with van der Waals surface area (Å²) in [6.07, 6.45) is 1.84. The van der Waals surface area contributed by atoms with Crippen LogP contribution in [0, 0.1) is 24.0 Å². The van der Waals surface area contributed by atoms with Crippen molar-refractivity contribution < 1.29 is 14.5 Å². The van der Waals surface area contributed by atoms with E-state index in [2.05, 4.69) is 4.99 Å². The maximum absolute atomic E-state index is 14.0. The van der Waals surface area contributed by atoms with Crippen LogP contribution >= 0.6 is 11.3 Å². The van der Waals surface area contributed by atoms with Gasteiger partial charge in [0.15, 0.2) is 4.80 Å². The molecular weight excluding hydrogens is 554 g/mol. The molecule has 2 aromatic carbocycles. The zero-order valence-electron chi connectivity index (χ0n) is 24.2. The van der Waals surface area contributed by atoms with Gasteiger partial charge >= 0.3 is 5.97 Å². The van der Waals surface area contributed by atoms with E-state index in [1.165, 1.54) is 23.5 Å². The number of hydrogen-bond acceptors (Lipinski definition) is 8. The van der Waals surface area contributed by atoms with Crippen molar-refractivity contribution in [3.8, 4) is 5.69 Å². The van der Waals surface area contributed by atoms with Crippen LogP contribution in [0.25, 0.3) is 11.8 Å². The quantitative estimate of drug-likeness (QED) is 0.183. The average molecular weight is 586 g/mol. The van der Waals surface area contributed by atoms with E-state index in [1.54, 1.807) is 30.5 Å². The fourth-order valence-corrected chi connectivity index (χ4v) is 6.29. The van der Waals surface area contributed by atoms with Crippen LogP contribution in [0.1, 0.15) is 42.4 Å². The smallest absolute Gasteiger partial charge is 0.338 e. The lowest BCUT2D eigenvalue weighted by Gasteiger charge is -2.25. The Morgan fingerprint density at radius 2 is 1.79 bits per heavy atom.